The second-order valence-corrected chi connectivity index (χ2v) is 7.12. The van der Waals surface area contributed by atoms with Crippen LogP contribution in [0.1, 0.15) is 0 Å². The summed E-state index contributed by atoms with van der Waals surface area (Å²) in [5.41, 5.74) is 2.11. The highest BCUT2D eigenvalue weighted by Crippen LogP contribution is 2.34. The largest absolute Gasteiger partial charge is 0.477 e. The van der Waals surface area contributed by atoms with Crippen molar-refractivity contribution in [2.24, 2.45) is 0 Å². The number of nitro benzene ring substituents is 1. The maximum absolute atomic E-state index is 12.4. The Kier molecular flexibility index (Phi) is 5.17. The van der Waals surface area contributed by atoms with E-state index in [1.165, 1.54) is 23.5 Å². The molecule has 0 spiro atoms. The number of anilines is 1. The van der Waals surface area contributed by atoms with Crippen molar-refractivity contribution in [1.82, 2.24) is 4.98 Å². The first-order valence-electron chi connectivity index (χ1n) is 8.73. The van der Waals surface area contributed by atoms with Crippen molar-refractivity contribution in [1.29, 1.82) is 0 Å². The minimum Gasteiger partial charge on any atom is -0.477 e. The van der Waals surface area contributed by atoms with Gasteiger partial charge in [0, 0.05) is 11.6 Å². The third-order valence-electron chi connectivity index (χ3n) is 4.15. The number of nitrogens with zero attached hydrogens (tertiary/aromatic N) is 2. The molecule has 0 bridgehead atoms. The van der Waals surface area contributed by atoms with Crippen LogP contribution in [0.4, 0.5) is 11.4 Å². The van der Waals surface area contributed by atoms with Gasteiger partial charge in [0.05, 0.1) is 20.8 Å². The monoisotopic (exact) mass is 405 g/mol. The molecule has 1 heterocycles. The van der Waals surface area contributed by atoms with Crippen molar-refractivity contribution in [3.8, 4) is 16.3 Å². The number of para-hydroxylation sites is 4. The number of ether oxygens (including phenoxy) is 1. The molecule has 4 aromatic rings. The Morgan fingerprint density at radius 1 is 1.03 bits per heavy atom. The number of fused-ring (bicyclic) bond motifs is 1. The molecule has 3 aromatic carbocycles. The van der Waals surface area contributed by atoms with E-state index in [-0.39, 0.29) is 18.0 Å². The molecule has 0 aliphatic rings. The lowest BCUT2D eigenvalue weighted by Gasteiger charge is -2.10. The van der Waals surface area contributed by atoms with Crippen LogP contribution in [0.15, 0.2) is 72.8 Å². The first kappa shape index (κ1) is 18.6. The predicted molar refractivity (Wildman–Crippen MR) is 112 cm³/mol. The molecule has 0 aliphatic carbocycles. The number of amides is 1. The highest BCUT2D eigenvalue weighted by molar-refractivity contribution is 7.21. The van der Waals surface area contributed by atoms with Crippen molar-refractivity contribution in [3.05, 3.63) is 82.9 Å². The lowest BCUT2D eigenvalue weighted by Crippen LogP contribution is -2.20. The van der Waals surface area contributed by atoms with E-state index >= 15 is 0 Å². The highest BCUT2D eigenvalue weighted by atomic mass is 32.1. The van der Waals surface area contributed by atoms with E-state index in [2.05, 4.69) is 10.3 Å². The summed E-state index contributed by atoms with van der Waals surface area (Å²) >= 11 is 1.54. The normalized spacial score (nSPS) is 10.6. The van der Waals surface area contributed by atoms with Crippen molar-refractivity contribution < 1.29 is 14.5 Å². The third kappa shape index (κ3) is 4.07. The summed E-state index contributed by atoms with van der Waals surface area (Å²) in [7, 11) is 0. The smallest absolute Gasteiger partial charge is 0.310 e. The van der Waals surface area contributed by atoms with Crippen molar-refractivity contribution in [3.63, 3.8) is 0 Å². The summed E-state index contributed by atoms with van der Waals surface area (Å²) in [5.74, 6) is -0.371. The van der Waals surface area contributed by atoms with Crippen LogP contribution < -0.4 is 10.1 Å². The average Bonchev–Trinajstić information content (AvgIpc) is 3.17. The molecule has 8 heteroatoms. The van der Waals surface area contributed by atoms with Gasteiger partial charge in [-0.3, -0.25) is 14.9 Å². The molecule has 1 aromatic heterocycles. The van der Waals surface area contributed by atoms with Crippen LogP contribution in [0.3, 0.4) is 0 Å². The van der Waals surface area contributed by atoms with E-state index in [9.17, 15) is 14.9 Å². The van der Waals surface area contributed by atoms with E-state index in [0.717, 1.165) is 20.8 Å². The van der Waals surface area contributed by atoms with Gasteiger partial charge in [0.15, 0.2) is 12.4 Å². The summed E-state index contributed by atoms with van der Waals surface area (Å²) in [5, 5.41) is 14.7. The molecule has 0 saturated heterocycles. The van der Waals surface area contributed by atoms with Crippen LogP contribution in [-0.4, -0.2) is 22.4 Å². The minimum absolute atomic E-state index is 0.0482. The highest BCUT2D eigenvalue weighted by Gasteiger charge is 2.16. The van der Waals surface area contributed by atoms with Crippen LogP contribution >= 0.6 is 11.3 Å². The lowest BCUT2D eigenvalue weighted by molar-refractivity contribution is -0.385. The number of aromatic nitrogens is 1. The van der Waals surface area contributed by atoms with Gasteiger partial charge < -0.3 is 10.1 Å². The number of benzene rings is 3. The van der Waals surface area contributed by atoms with Gasteiger partial charge in [-0.2, -0.15) is 0 Å². The van der Waals surface area contributed by atoms with Crippen LogP contribution in [0.25, 0.3) is 20.8 Å². The fourth-order valence-electron chi connectivity index (χ4n) is 2.83. The molecule has 0 atom stereocenters. The van der Waals surface area contributed by atoms with Gasteiger partial charge in [-0.15, -0.1) is 11.3 Å². The van der Waals surface area contributed by atoms with E-state index in [0.29, 0.717) is 5.69 Å². The molecule has 4 rings (SSSR count). The van der Waals surface area contributed by atoms with Crippen molar-refractivity contribution in [2.75, 3.05) is 11.9 Å². The number of carbonyl (C=O) groups excluding carboxylic acids is 1. The predicted octanol–water partition coefficient (Wildman–Crippen LogP) is 4.89. The SMILES string of the molecule is O=C(COc1ccccc1[N+](=O)[O-])Nc1ccccc1-c1nc2ccccc2s1. The summed E-state index contributed by atoms with van der Waals surface area (Å²) in [6, 6.07) is 21.1. The molecule has 29 heavy (non-hydrogen) atoms. The van der Waals surface area contributed by atoms with Gasteiger partial charge >= 0.3 is 5.69 Å². The Morgan fingerprint density at radius 3 is 2.59 bits per heavy atom. The number of hydrogen-bond acceptors (Lipinski definition) is 6. The first-order valence-corrected chi connectivity index (χ1v) is 9.54. The van der Waals surface area contributed by atoms with Gasteiger partial charge in [-0.25, -0.2) is 4.98 Å². The van der Waals surface area contributed by atoms with E-state index in [4.69, 9.17) is 4.74 Å². The molecule has 144 valence electrons. The number of rotatable bonds is 6. The van der Waals surface area contributed by atoms with Crippen molar-refractivity contribution in [2.45, 2.75) is 0 Å². The molecule has 1 amide bonds. The Balaban J connectivity index is 1.52. The van der Waals surface area contributed by atoms with E-state index in [1.54, 1.807) is 18.2 Å². The van der Waals surface area contributed by atoms with Gasteiger partial charge in [0.2, 0.25) is 0 Å². The van der Waals surface area contributed by atoms with Gasteiger partial charge in [0.1, 0.15) is 5.01 Å². The summed E-state index contributed by atoms with van der Waals surface area (Å²) in [6.45, 7) is -0.348. The minimum atomic E-state index is -0.546. The topological polar surface area (TPSA) is 94.4 Å². The molecular formula is C21H15N3O4S. The fourth-order valence-corrected chi connectivity index (χ4v) is 3.83. The third-order valence-corrected chi connectivity index (χ3v) is 5.22. The van der Waals surface area contributed by atoms with E-state index in [1.807, 2.05) is 42.5 Å². The first-order chi connectivity index (χ1) is 14.1. The number of nitrogens with one attached hydrogen (secondary N) is 1. The molecule has 0 radical (unpaired) electrons. The van der Waals surface area contributed by atoms with Crippen LogP contribution in [0.5, 0.6) is 5.75 Å². The summed E-state index contributed by atoms with van der Waals surface area (Å²) in [6.07, 6.45) is 0. The molecule has 0 saturated carbocycles. The Labute approximate surface area is 169 Å². The zero-order valence-electron chi connectivity index (χ0n) is 15.1. The lowest BCUT2D eigenvalue weighted by atomic mass is 10.2. The maximum atomic E-state index is 12.4. The van der Waals surface area contributed by atoms with Crippen molar-refractivity contribution >= 4 is 38.8 Å². The maximum Gasteiger partial charge on any atom is 0.310 e. The molecule has 0 aliphatic heterocycles. The second kappa shape index (κ2) is 8.07. The number of carbonyl (C=O) groups is 1. The van der Waals surface area contributed by atoms with Crippen LogP contribution in [0, 0.1) is 10.1 Å². The zero-order valence-corrected chi connectivity index (χ0v) is 15.9. The second-order valence-electron chi connectivity index (χ2n) is 6.09. The van der Waals surface area contributed by atoms with Gasteiger partial charge in [0.25, 0.3) is 5.91 Å². The molecule has 0 fully saturated rings. The number of thiazole rings is 1. The Bertz CT molecular complexity index is 1170. The van der Waals surface area contributed by atoms with E-state index < -0.39 is 10.8 Å². The molecular weight excluding hydrogens is 390 g/mol. The van der Waals surface area contributed by atoms with Gasteiger partial charge in [-0.1, -0.05) is 36.4 Å². The molecule has 0 unspecified atom stereocenters. The summed E-state index contributed by atoms with van der Waals surface area (Å²) in [4.78, 5) is 27.5. The Hall–Kier alpha value is -3.78. The average molecular weight is 405 g/mol. The fraction of sp³-hybridized carbons (Fsp3) is 0.0476. The summed E-state index contributed by atoms with van der Waals surface area (Å²) < 4.78 is 6.42. The molecule has 1 N–H and O–H groups in total. The number of nitro groups is 1. The van der Waals surface area contributed by atoms with Crippen LogP contribution in [0.2, 0.25) is 0 Å². The quantitative estimate of drug-likeness (QED) is 0.364. The van der Waals surface area contributed by atoms with Gasteiger partial charge in [-0.05, 0) is 30.3 Å². The standard InChI is InChI=1S/C21H15N3O4S/c25-20(13-28-18-11-5-4-10-17(18)24(26)27)22-15-8-2-1-7-14(15)21-23-16-9-3-6-12-19(16)29-21/h1-12H,13H2,(H,22,25). The van der Waals surface area contributed by atoms with Crippen LogP contribution in [-0.2, 0) is 4.79 Å². The zero-order chi connectivity index (χ0) is 20.2. The number of hydrogen-bond donors (Lipinski definition) is 1. The molecule has 7 nitrogen and oxygen atoms in total. The Morgan fingerprint density at radius 2 is 1.76 bits per heavy atom.